The smallest absolute Gasteiger partial charge is 0.370 e. The monoisotopic (exact) mass is 264 g/mol. The van der Waals surface area contributed by atoms with E-state index in [2.05, 4.69) is 10.5 Å². The molecule has 0 heterocycles. The molecule has 3 N–H and O–H groups in total. The molecule has 0 saturated heterocycles. The van der Waals surface area contributed by atoms with Crippen molar-refractivity contribution in [3.8, 4) is 0 Å². The number of nitrogens with one attached hydrogen (secondary N) is 1. The Morgan fingerprint density at radius 3 is 2.12 bits per heavy atom. The second kappa shape index (κ2) is 5.75. The number of hydrogen-bond acceptors (Lipinski definition) is 3. The van der Waals surface area contributed by atoms with Crippen molar-refractivity contribution in [2.24, 2.45) is 5.73 Å². The number of nitrogens with two attached hydrogens (primary N) is 1. The molecule has 0 aliphatic carbocycles. The molecule has 0 fully saturated rings. The molecule has 0 spiro atoms. The number of rotatable bonds is 6. The van der Waals surface area contributed by atoms with Crippen LogP contribution in [0.3, 0.4) is 0 Å². The van der Waals surface area contributed by atoms with Gasteiger partial charge in [0.05, 0.1) is 6.61 Å². The van der Waals surface area contributed by atoms with Crippen LogP contribution in [0.4, 0.5) is 22.0 Å². The van der Waals surface area contributed by atoms with Gasteiger partial charge in [-0.25, -0.2) is 0 Å². The molecule has 17 heavy (non-hydrogen) atoms. The Morgan fingerprint density at radius 1 is 1.18 bits per heavy atom. The number of carbonyl (C=O) groups is 2. The molecule has 0 aromatic heterocycles. The molecule has 0 aromatic rings. The zero-order chi connectivity index (χ0) is 13.7. The Morgan fingerprint density at radius 2 is 1.71 bits per heavy atom. The molecular formula is C7H9F5N2O3. The van der Waals surface area contributed by atoms with Crippen LogP contribution < -0.4 is 11.1 Å². The van der Waals surface area contributed by atoms with E-state index in [9.17, 15) is 31.5 Å². The lowest BCUT2D eigenvalue weighted by atomic mass is 10.3. The number of amides is 2. The molecule has 0 bridgehead atoms. The number of primary amides is 1. The van der Waals surface area contributed by atoms with E-state index in [-0.39, 0.29) is 0 Å². The third-order valence-electron chi connectivity index (χ3n) is 1.42. The van der Waals surface area contributed by atoms with Gasteiger partial charge in [-0.2, -0.15) is 22.0 Å². The average molecular weight is 264 g/mol. The lowest BCUT2D eigenvalue weighted by Crippen LogP contribution is -2.51. The van der Waals surface area contributed by atoms with Gasteiger partial charge in [0.1, 0.15) is 6.61 Å². The zero-order valence-corrected chi connectivity index (χ0v) is 8.31. The molecule has 5 nitrogen and oxygen atoms in total. The molecule has 10 heteroatoms. The molecule has 0 atom stereocenters. The van der Waals surface area contributed by atoms with Crippen LogP contribution >= 0.6 is 0 Å². The first kappa shape index (κ1) is 15.5. The van der Waals surface area contributed by atoms with E-state index in [1.165, 1.54) is 5.32 Å². The summed E-state index contributed by atoms with van der Waals surface area (Å²) in [7, 11) is 0. The summed E-state index contributed by atoms with van der Waals surface area (Å²) in [6.45, 7) is -1.54. The van der Waals surface area contributed by atoms with Gasteiger partial charge in [-0.1, -0.05) is 0 Å². The van der Waals surface area contributed by atoms with Crippen molar-refractivity contribution in [2.45, 2.75) is 12.1 Å². The van der Waals surface area contributed by atoms with Crippen LogP contribution in [0.25, 0.3) is 0 Å². The summed E-state index contributed by atoms with van der Waals surface area (Å²) in [6, 6.07) is 0. The van der Waals surface area contributed by atoms with Crippen LogP contribution in [0.2, 0.25) is 0 Å². The fourth-order valence-corrected chi connectivity index (χ4v) is 0.649. The first-order valence-corrected chi connectivity index (χ1v) is 4.18. The molecule has 0 rings (SSSR count). The highest BCUT2D eigenvalue weighted by Gasteiger charge is 2.63. The third kappa shape index (κ3) is 4.93. The van der Waals surface area contributed by atoms with Crippen LogP contribution in [0.1, 0.15) is 0 Å². The van der Waals surface area contributed by atoms with Crippen LogP contribution in [0, 0.1) is 0 Å². The van der Waals surface area contributed by atoms with E-state index in [1.54, 1.807) is 0 Å². The highest BCUT2D eigenvalue weighted by molar-refractivity contribution is 5.84. The molecule has 0 saturated carbocycles. The van der Waals surface area contributed by atoms with Crippen molar-refractivity contribution in [1.29, 1.82) is 0 Å². The molecule has 0 aliphatic heterocycles. The first-order chi connectivity index (χ1) is 7.59. The van der Waals surface area contributed by atoms with Crippen LogP contribution in [0.5, 0.6) is 0 Å². The van der Waals surface area contributed by atoms with E-state index in [0.717, 1.165) is 0 Å². The molecule has 0 unspecified atom stereocenters. The second-order valence-electron chi connectivity index (χ2n) is 2.85. The van der Waals surface area contributed by atoms with Gasteiger partial charge in [-0.3, -0.25) is 9.59 Å². The van der Waals surface area contributed by atoms with Crippen molar-refractivity contribution in [3.63, 3.8) is 0 Å². The van der Waals surface area contributed by atoms with Crippen molar-refractivity contribution in [3.05, 3.63) is 0 Å². The van der Waals surface area contributed by atoms with Gasteiger partial charge >= 0.3 is 12.1 Å². The van der Waals surface area contributed by atoms with E-state index in [1.807, 2.05) is 0 Å². The maximum Gasteiger partial charge on any atom is 0.463 e. The van der Waals surface area contributed by atoms with E-state index in [4.69, 9.17) is 0 Å². The minimum Gasteiger partial charge on any atom is -0.370 e. The predicted octanol–water partition coefficient (Wildman–Crippen LogP) is -0.198. The number of halogens is 5. The average Bonchev–Trinajstić information content (AvgIpc) is 2.14. The molecule has 100 valence electrons. The van der Waals surface area contributed by atoms with Crippen molar-refractivity contribution in [2.75, 3.05) is 19.8 Å². The lowest BCUT2D eigenvalue weighted by molar-refractivity contribution is -0.269. The Hall–Kier alpha value is -1.45. The summed E-state index contributed by atoms with van der Waals surface area (Å²) in [4.78, 5) is 20.6. The Bertz CT molecular complexity index is 292. The Labute approximate surface area is 92.1 Å². The lowest BCUT2D eigenvalue weighted by Gasteiger charge is -2.18. The van der Waals surface area contributed by atoms with Gasteiger partial charge in [0, 0.05) is 6.54 Å². The summed E-state index contributed by atoms with van der Waals surface area (Å²) in [5.41, 5.74) is 4.64. The number of ether oxygens (including phenoxy) is 1. The normalized spacial score (nSPS) is 12.3. The standard InChI is InChI=1S/C7H9F5N2O3/c8-6(9,7(10,11)12)5(16)14-1-2-17-3-4(13)15/h1-3H2,(H2,13,15)(H,14,16). The van der Waals surface area contributed by atoms with Crippen molar-refractivity contribution in [1.82, 2.24) is 5.32 Å². The highest BCUT2D eigenvalue weighted by Crippen LogP contribution is 2.35. The fourth-order valence-electron chi connectivity index (χ4n) is 0.649. The van der Waals surface area contributed by atoms with E-state index in [0.29, 0.717) is 0 Å². The minimum atomic E-state index is -5.95. The highest BCUT2D eigenvalue weighted by atomic mass is 19.4. The summed E-state index contributed by atoms with van der Waals surface area (Å²) >= 11 is 0. The van der Waals surface area contributed by atoms with E-state index >= 15 is 0 Å². The first-order valence-electron chi connectivity index (χ1n) is 4.18. The number of alkyl halides is 5. The SMILES string of the molecule is NC(=O)COCCNC(=O)C(F)(F)C(F)(F)F. The second-order valence-corrected chi connectivity index (χ2v) is 2.85. The topological polar surface area (TPSA) is 81.4 Å². The number of carbonyl (C=O) groups excluding carboxylic acids is 2. The van der Waals surface area contributed by atoms with Crippen LogP contribution in [-0.4, -0.2) is 43.7 Å². The largest absolute Gasteiger partial charge is 0.463 e. The summed E-state index contributed by atoms with van der Waals surface area (Å²) in [6.07, 6.45) is -5.95. The van der Waals surface area contributed by atoms with Gasteiger partial charge in [-0.05, 0) is 0 Å². The van der Waals surface area contributed by atoms with Gasteiger partial charge in [0.15, 0.2) is 0 Å². The zero-order valence-electron chi connectivity index (χ0n) is 8.31. The Kier molecular flexibility index (Phi) is 5.26. The van der Waals surface area contributed by atoms with Crippen molar-refractivity contribution >= 4 is 11.8 Å². The summed E-state index contributed by atoms with van der Waals surface area (Å²) < 4.78 is 64.0. The summed E-state index contributed by atoms with van der Waals surface area (Å²) in [5, 5.41) is 1.32. The molecule has 2 amide bonds. The number of hydrogen-bond donors (Lipinski definition) is 2. The minimum absolute atomic E-state index is 0.414. The van der Waals surface area contributed by atoms with Gasteiger partial charge in [-0.15, -0.1) is 0 Å². The van der Waals surface area contributed by atoms with Crippen LogP contribution in [-0.2, 0) is 14.3 Å². The van der Waals surface area contributed by atoms with Gasteiger partial charge in [0.25, 0.3) is 5.91 Å². The molecular weight excluding hydrogens is 255 g/mol. The van der Waals surface area contributed by atoms with Gasteiger partial charge in [0.2, 0.25) is 5.91 Å². The molecule has 0 aliphatic rings. The van der Waals surface area contributed by atoms with E-state index < -0.39 is 43.7 Å². The molecule has 0 radical (unpaired) electrons. The quantitative estimate of drug-likeness (QED) is 0.515. The maximum atomic E-state index is 12.3. The summed E-state index contributed by atoms with van der Waals surface area (Å²) in [5.74, 6) is -8.78. The predicted molar refractivity (Wildman–Crippen MR) is 44.0 cm³/mol. The third-order valence-corrected chi connectivity index (χ3v) is 1.42. The molecule has 0 aromatic carbocycles. The van der Waals surface area contributed by atoms with Gasteiger partial charge < -0.3 is 15.8 Å². The maximum absolute atomic E-state index is 12.3. The Balaban J connectivity index is 3.99. The fraction of sp³-hybridized carbons (Fsp3) is 0.714. The van der Waals surface area contributed by atoms with Crippen molar-refractivity contribution < 1.29 is 36.3 Å². The van der Waals surface area contributed by atoms with Crippen LogP contribution in [0.15, 0.2) is 0 Å².